The molecule has 1 heterocycles. The molecule has 0 radical (unpaired) electrons. The molecule has 1 aliphatic carbocycles. The summed E-state index contributed by atoms with van der Waals surface area (Å²) >= 11 is 0. The average molecular weight is 263 g/mol. The highest BCUT2D eigenvalue weighted by atomic mass is 16.1. The lowest BCUT2D eigenvalue weighted by Gasteiger charge is -2.09. The number of amides is 1. The Kier molecular flexibility index (Phi) is 4.54. The lowest BCUT2D eigenvalue weighted by molar-refractivity contribution is -0.120. The van der Waals surface area contributed by atoms with Crippen molar-refractivity contribution >= 4 is 17.7 Å². The molecule has 0 bridgehead atoms. The Bertz CT molecular complexity index is 445. The van der Waals surface area contributed by atoms with Gasteiger partial charge in [0, 0.05) is 37.3 Å². The number of nitrogens with zero attached hydrogens (tertiary/aromatic N) is 2. The van der Waals surface area contributed by atoms with E-state index in [1.54, 1.807) is 0 Å². The van der Waals surface area contributed by atoms with E-state index in [0.29, 0.717) is 25.0 Å². The van der Waals surface area contributed by atoms with Gasteiger partial charge in [-0.25, -0.2) is 4.98 Å². The van der Waals surface area contributed by atoms with Crippen molar-refractivity contribution < 1.29 is 4.79 Å². The zero-order valence-corrected chi connectivity index (χ0v) is 11.5. The van der Waals surface area contributed by atoms with Crippen LogP contribution >= 0.6 is 0 Å². The first kappa shape index (κ1) is 13.6. The van der Waals surface area contributed by atoms with Crippen LogP contribution in [0.2, 0.25) is 0 Å². The topological polar surface area (TPSA) is 78.9 Å². The van der Waals surface area contributed by atoms with Crippen LogP contribution in [0.15, 0.2) is 6.07 Å². The summed E-state index contributed by atoms with van der Waals surface area (Å²) in [5.41, 5.74) is 0.899. The molecule has 6 nitrogen and oxygen atoms in total. The summed E-state index contributed by atoms with van der Waals surface area (Å²) in [5, 5.41) is 9.20. The predicted molar refractivity (Wildman–Crippen MR) is 75.2 cm³/mol. The Morgan fingerprint density at radius 1 is 1.37 bits per heavy atom. The molecule has 6 heteroatoms. The van der Waals surface area contributed by atoms with Gasteiger partial charge in [0.2, 0.25) is 11.9 Å². The third-order valence-corrected chi connectivity index (χ3v) is 2.79. The second kappa shape index (κ2) is 6.36. The van der Waals surface area contributed by atoms with E-state index in [-0.39, 0.29) is 5.91 Å². The van der Waals surface area contributed by atoms with Crippen molar-refractivity contribution in [3.05, 3.63) is 11.8 Å². The van der Waals surface area contributed by atoms with Crippen molar-refractivity contribution in [3.8, 4) is 0 Å². The van der Waals surface area contributed by atoms with Crippen molar-refractivity contribution in [2.75, 3.05) is 23.7 Å². The van der Waals surface area contributed by atoms with Gasteiger partial charge in [-0.05, 0) is 26.7 Å². The highest BCUT2D eigenvalue weighted by Crippen LogP contribution is 2.18. The van der Waals surface area contributed by atoms with Gasteiger partial charge in [0.25, 0.3) is 0 Å². The molecule has 0 spiro atoms. The SMILES string of the molecule is CCNc1nc(C)cc(NCCC(=O)NC2CC2)n1. The third-order valence-electron chi connectivity index (χ3n) is 2.79. The van der Waals surface area contributed by atoms with Crippen LogP contribution in [0.1, 0.15) is 31.9 Å². The summed E-state index contributed by atoms with van der Waals surface area (Å²) in [6.45, 7) is 5.29. The minimum absolute atomic E-state index is 0.104. The van der Waals surface area contributed by atoms with Crippen molar-refractivity contribution in [2.24, 2.45) is 0 Å². The number of nitrogens with one attached hydrogen (secondary N) is 3. The molecule has 0 unspecified atom stereocenters. The summed E-state index contributed by atoms with van der Waals surface area (Å²) in [6.07, 6.45) is 2.71. The van der Waals surface area contributed by atoms with E-state index in [1.165, 1.54) is 0 Å². The van der Waals surface area contributed by atoms with Crippen LogP contribution in [0.25, 0.3) is 0 Å². The average Bonchev–Trinajstić information content (AvgIpc) is 3.12. The van der Waals surface area contributed by atoms with Crippen molar-refractivity contribution in [1.29, 1.82) is 0 Å². The van der Waals surface area contributed by atoms with E-state index in [4.69, 9.17) is 0 Å². The molecule has 1 aromatic heterocycles. The van der Waals surface area contributed by atoms with Crippen LogP contribution in [-0.4, -0.2) is 35.0 Å². The van der Waals surface area contributed by atoms with Crippen molar-refractivity contribution in [1.82, 2.24) is 15.3 Å². The fraction of sp³-hybridized carbons (Fsp3) is 0.615. The molecule has 0 aromatic carbocycles. The Labute approximate surface area is 113 Å². The molecule has 1 aliphatic rings. The molecule has 1 fully saturated rings. The largest absolute Gasteiger partial charge is 0.369 e. The maximum Gasteiger partial charge on any atom is 0.224 e. The van der Waals surface area contributed by atoms with E-state index in [0.717, 1.165) is 30.9 Å². The highest BCUT2D eigenvalue weighted by molar-refractivity contribution is 5.77. The number of aromatic nitrogens is 2. The Hall–Kier alpha value is -1.85. The number of rotatable bonds is 7. The lowest BCUT2D eigenvalue weighted by Crippen LogP contribution is -2.27. The van der Waals surface area contributed by atoms with Crippen molar-refractivity contribution in [3.63, 3.8) is 0 Å². The van der Waals surface area contributed by atoms with Gasteiger partial charge in [0.15, 0.2) is 0 Å². The van der Waals surface area contributed by atoms with Crippen LogP contribution < -0.4 is 16.0 Å². The third kappa shape index (κ3) is 4.73. The summed E-state index contributed by atoms with van der Waals surface area (Å²) in [5.74, 6) is 1.47. The van der Waals surface area contributed by atoms with Crippen LogP contribution in [-0.2, 0) is 4.79 Å². The molecule has 3 N–H and O–H groups in total. The van der Waals surface area contributed by atoms with Crippen LogP contribution in [0.4, 0.5) is 11.8 Å². The molecule has 2 rings (SSSR count). The number of carbonyl (C=O) groups excluding carboxylic acids is 1. The number of hydrogen-bond donors (Lipinski definition) is 3. The first-order valence-electron chi connectivity index (χ1n) is 6.80. The van der Waals surface area contributed by atoms with Crippen molar-refractivity contribution in [2.45, 2.75) is 39.2 Å². The second-order valence-electron chi connectivity index (χ2n) is 4.77. The van der Waals surface area contributed by atoms with Gasteiger partial charge in [0.1, 0.15) is 5.82 Å². The molecule has 1 aromatic rings. The highest BCUT2D eigenvalue weighted by Gasteiger charge is 2.22. The summed E-state index contributed by atoms with van der Waals surface area (Å²) < 4.78 is 0. The smallest absolute Gasteiger partial charge is 0.224 e. The molecule has 0 aliphatic heterocycles. The number of aryl methyl sites for hydroxylation is 1. The maximum atomic E-state index is 11.5. The predicted octanol–water partition coefficient (Wildman–Crippen LogP) is 1.30. The number of anilines is 2. The van der Waals surface area contributed by atoms with E-state index in [2.05, 4.69) is 25.9 Å². The molecular formula is C13H21N5O. The fourth-order valence-corrected chi connectivity index (χ4v) is 1.73. The maximum absolute atomic E-state index is 11.5. The van der Waals surface area contributed by atoms with Crippen LogP contribution in [0.5, 0.6) is 0 Å². The molecular weight excluding hydrogens is 242 g/mol. The Balaban J connectivity index is 1.79. The molecule has 0 atom stereocenters. The van der Waals surface area contributed by atoms with Gasteiger partial charge in [0.05, 0.1) is 0 Å². The number of hydrogen-bond acceptors (Lipinski definition) is 5. The summed E-state index contributed by atoms with van der Waals surface area (Å²) in [7, 11) is 0. The molecule has 104 valence electrons. The Morgan fingerprint density at radius 3 is 2.84 bits per heavy atom. The van der Waals surface area contributed by atoms with Gasteiger partial charge < -0.3 is 16.0 Å². The Morgan fingerprint density at radius 2 is 2.16 bits per heavy atom. The van der Waals surface area contributed by atoms with Gasteiger partial charge in [-0.1, -0.05) is 0 Å². The zero-order chi connectivity index (χ0) is 13.7. The molecule has 1 amide bonds. The summed E-state index contributed by atoms with van der Waals surface area (Å²) in [6, 6.07) is 2.30. The molecule has 1 saturated carbocycles. The first-order chi connectivity index (χ1) is 9.17. The normalized spacial score (nSPS) is 14.0. The summed E-state index contributed by atoms with van der Waals surface area (Å²) in [4.78, 5) is 20.1. The minimum Gasteiger partial charge on any atom is -0.369 e. The van der Waals surface area contributed by atoms with Gasteiger partial charge >= 0.3 is 0 Å². The molecule has 19 heavy (non-hydrogen) atoms. The van der Waals surface area contributed by atoms with Gasteiger partial charge in [-0.3, -0.25) is 4.79 Å². The van der Waals surface area contributed by atoms with E-state index < -0.39 is 0 Å². The first-order valence-corrected chi connectivity index (χ1v) is 6.80. The van der Waals surface area contributed by atoms with E-state index >= 15 is 0 Å². The van der Waals surface area contributed by atoms with Gasteiger partial charge in [-0.15, -0.1) is 0 Å². The van der Waals surface area contributed by atoms with Crippen LogP contribution in [0.3, 0.4) is 0 Å². The zero-order valence-electron chi connectivity index (χ0n) is 11.5. The minimum atomic E-state index is 0.104. The van der Waals surface area contributed by atoms with E-state index in [9.17, 15) is 4.79 Å². The fourth-order valence-electron chi connectivity index (χ4n) is 1.73. The molecule has 0 saturated heterocycles. The monoisotopic (exact) mass is 263 g/mol. The van der Waals surface area contributed by atoms with Gasteiger partial charge in [-0.2, -0.15) is 4.98 Å². The van der Waals surface area contributed by atoms with Crippen LogP contribution in [0, 0.1) is 6.92 Å². The quantitative estimate of drug-likeness (QED) is 0.691. The number of carbonyl (C=O) groups is 1. The lowest BCUT2D eigenvalue weighted by atomic mass is 10.3. The second-order valence-corrected chi connectivity index (χ2v) is 4.77. The van der Waals surface area contributed by atoms with E-state index in [1.807, 2.05) is 19.9 Å². The standard InChI is InChI=1S/C13H21N5O/c1-3-14-13-16-9(2)8-11(18-13)15-7-6-12(19)17-10-4-5-10/h8,10H,3-7H2,1-2H3,(H,17,19)(H2,14,15,16,18).